The number of alkyl halides is 3. The van der Waals surface area contributed by atoms with Gasteiger partial charge >= 0.3 is 6.36 Å². The standard InChI is InChI=1S/C20H20F3N3O5/c1-24(2)18(29)15-13-7-8-26(17(28)14(13)16(27)19(30)25(15)3)10-11-5-4-6-12(9-11)31-20(21,22)23/h4-6,9,27H,7-8,10H2,1-3H3. The lowest BCUT2D eigenvalue weighted by Gasteiger charge is -2.31. The van der Waals surface area contributed by atoms with Gasteiger partial charge in [0, 0.05) is 39.8 Å². The molecule has 0 spiro atoms. The summed E-state index contributed by atoms with van der Waals surface area (Å²) in [6.45, 7) is 0.0699. The molecule has 1 N–H and O–H groups in total. The van der Waals surface area contributed by atoms with Crippen molar-refractivity contribution in [3.63, 3.8) is 0 Å². The molecule has 0 aliphatic carbocycles. The molecule has 0 saturated heterocycles. The number of ether oxygens (including phenoxy) is 1. The van der Waals surface area contributed by atoms with E-state index >= 15 is 0 Å². The topological polar surface area (TPSA) is 92.1 Å². The number of aromatic nitrogens is 1. The highest BCUT2D eigenvalue weighted by Gasteiger charge is 2.35. The van der Waals surface area contributed by atoms with Gasteiger partial charge in [-0.05, 0) is 24.1 Å². The summed E-state index contributed by atoms with van der Waals surface area (Å²) in [5, 5.41) is 10.3. The first-order valence-electron chi connectivity index (χ1n) is 9.21. The van der Waals surface area contributed by atoms with Gasteiger partial charge in [0.25, 0.3) is 17.4 Å². The fourth-order valence-corrected chi connectivity index (χ4v) is 3.51. The molecular weight excluding hydrogens is 419 g/mol. The first-order valence-corrected chi connectivity index (χ1v) is 9.21. The van der Waals surface area contributed by atoms with E-state index in [4.69, 9.17) is 0 Å². The molecule has 8 nitrogen and oxygen atoms in total. The van der Waals surface area contributed by atoms with Crippen molar-refractivity contribution in [1.29, 1.82) is 0 Å². The van der Waals surface area contributed by atoms with Gasteiger partial charge in [-0.1, -0.05) is 12.1 Å². The van der Waals surface area contributed by atoms with E-state index in [9.17, 15) is 32.7 Å². The van der Waals surface area contributed by atoms with E-state index < -0.39 is 35.2 Å². The maximum Gasteiger partial charge on any atom is 0.573 e. The third kappa shape index (κ3) is 4.35. The molecule has 11 heteroatoms. The predicted octanol–water partition coefficient (Wildman–Crippen LogP) is 1.89. The molecule has 0 bridgehead atoms. The average molecular weight is 439 g/mol. The van der Waals surface area contributed by atoms with Crippen LogP contribution in [-0.4, -0.2) is 58.3 Å². The lowest BCUT2D eigenvalue weighted by molar-refractivity contribution is -0.274. The Bertz CT molecular complexity index is 1110. The zero-order chi connectivity index (χ0) is 23.1. The maximum absolute atomic E-state index is 13.0. The molecular formula is C20H20F3N3O5. The van der Waals surface area contributed by atoms with E-state index in [0.29, 0.717) is 5.56 Å². The molecule has 0 fully saturated rings. The van der Waals surface area contributed by atoms with Crippen LogP contribution in [-0.2, 0) is 20.0 Å². The van der Waals surface area contributed by atoms with Crippen molar-refractivity contribution in [2.75, 3.05) is 20.6 Å². The minimum Gasteiger partial charge on any atom is -0.502 e. The molecule has 2 amide bonds. The quantitative estimate of drug-likeness (QED) is 0.786. The minimum absolute atomic E-state index is 0.0105. The number of carbonyl (C=O) groups excluding carboxylic acids is 2. The number of hydrogen-bond donors (Lipinski definition) is 1. The van der Waals surface area contributed by atoms with Gasteiger partial charge in [0.15, 0.2) is 5.75 Å². The number of pyridine rings is 1. The van der Waals surface area contributed by atoms with E-state index in [1.54, 1.807) is 0 Å². The molecule has 0 atom stereocenters. The predicted molar refractivity (Wildman–Crippen MR) is 103 cm³/mol. The summed E-state index contributed by atoms with van der Waals surface area (Å²) in [6.07, 6.45) is -4.67. The second kappa shape index (κ2) is 7.97. The van der Waals surface area contributed by atoms with E-state index in [1.807, 2.05) is 0 Å². The van der Waals surface area contributed by atoms with Gasteiger partial charge in [0.2, 0.25) is 0 Å². The fraction of sp³-hybridized carbons (Fsp3) is 0.350. The molecule has 31 heavy (non-hydrogen) atoms. The molecule has 1 aliphatic heterocycles. The molecule has 0 unspecified atom stereocenters. The van der Waals surface area contributed by atoms with Crippen molar-refractivity contribution in [1.82, 2.24) is 14.4 Å². The Morgan fingerprint density at radius 1 is 1.26 bits per heavy atom. The van der Waals surface area contributed by atoms with Crippen LogP contribution < -0.4 is 10.3 Å². The third-order valence-corrected chi connectivity index (χ3v) is 4.91. The summed E-state index contributed by atoms with van der Waals surface area (Å²) < 4.78 is 42.3. The van der Waals surface area contributed by atoms with E-state index in [1.165, 1.54) is 43.1 Å². The summed E-state index contributed by atoms with van der Waals surface area (Å²) in [5.41, 5.74) is -0.515. The summed E-state index contributed by atoms with van der Waals surface area (Å²) in [7, 11) is 4.33. The van der Waals surface area contributed by atoms with Gasteiger partial charge in [-0.2, -0.15) is 0 Å². The van der Waals surface area contributed by atoms with Crippen LogP contribution in [0.5, 0.6) is 11.5 Å². The molecule has 2 aromatic rings. The molecule has 2 heterocycles. The normalized spacial score (nSPS) is 13.7. The van der Waals surface area contributed by atoms with Crippen LogP contribution in [0.3, 0.4) is 0 Å². The van der Waals surface area contributed by atoms with E-state index in [2.05, 4.69) is 4.74 Å². The Morgan fingerprint density at radius 2 is 1.94 bits per heavy atom. The highest BCUT2D eigenvalue weighted by molar-refractivity contribution is 6.03. The molecule has 1 aromatic heterocycles. The highest BCUT2D eigenvalue weighted by Crippen LogP contribution is 2.30. The third-order valence-electron chi connectivity index (χ3n) is 4.91. The second-order valence-electron chi connectivity index (χ2n) is 7.29. The van der Waals surface area contributed by atoms with Gasteiger partial charge < -0.3 is 24.2 Å². The molecule has 0 radical (unpaired) electrons. The Hall–Kier alpha value is -3.50. The van der Waals surface area contributed by atoms with Crippen molar-refractivity contribution in [2.24, 2.45) is 7.05 Å². The Morgan fingerprint density at radius 3 is 2.55 bits per heavy atom. The van der Waals surface area contributed by atoms with Crippen LogP contribution in [0.15, 0.2) is 29.1 Å². The molecule has 166 valence electrons. The lowest BCUT2D eigenvalue weighted by Crippen LogP contribution is -2.42. The van der Waals surface area contributed by atoms with Crippen molar-refractivity contribution in [3.8, 4) is 11.5 Å². The van der Waals surface area contributed by atoms with Gasteiger partial charge in [-0.15, -0.1) is 13.2 Å². The monoisotopic (exact) mass is 439 g/mol. The summed E-state index contributed by atoms with van der Waals surface area (Å²) in [5.74, 6) is -2.37. The van der Waals surface area contributed by atoms with Crippen LogP contribution in [0.1, 0.15) is 32.0 Å². The summed E-state index contributed by atoms with van der Waals surface area (Å²) in [6, 6.07) is 5.18. The van der Waals surface area contributed by atoms with Crippen molar-refractivity contribution in [2.45, 2.75) is 19.3 Å². The first kappa shape index (κ1) is 22.2. The van der Waals surface area contributed by atoms with Crippen LogP contribution in [0.25, 0.3) is 0 Å². The van der Waals surface area contributed by atoms with Crippen molar-refractivity contribution in [3.05, 3.63) is 57.0 Å². The Balaban J connectivity index is 1.97. The molecule has 1 aromatic carbocycles. The minimum atomic E-state index is -4.85. The number of rotatable bonds is 4. The Kier molecular flexibility index (Phi) is 5.70. The van der Waals surface area contributed by atoms with E-state index in [0.717, 1.165) is 16.7 Å². The number of fused-ring (bicyclic) bond motifs is 1. The first-order chi connectivity index (χ1) is 14.4. The zero-order valence-corrected chi connectivity index (χ0v) is 17.0. The maximum atomic E-state index is 13.0. The zero-order valence-electron chi connectivity index (χ0n) is 17.0. The second-order valence-corrected chi connectivity index (χ2v) is 7.29. The molecule has 0 saturated carbocycles. The number of aromatic hydroxyl groups is 1. The molecule has 3 rings (SSSR count). The molecule has 1 aliphatic rings. The van der Waals surface area contributed by atoms with Gasteiger partial charge in [0.05, 0.1) is 5.56 Å². The van der Waals surface area contributed by atoms with Crippen LogP contribution in [0, 0.1) is 0 Å². The van der Waals surface area contributed by atoms with Crippen molar-refractivity contribution < 1.29 is 32.6 Å². The van der Waals surface area contributed by atoms with Crippen LogP contribution >= 0.6 is 0 Å². The van der Waals surface area contributed by atoms with Crippen molar-refractivity contribution >= 4 is 11.8 Å². The highest BCUT2D eigenvalue weighted by atomic mass is 19.4. The van der Waals surface area contributed by atoms with Gasteiger partial charge in [-0.25, -0.2) is 0 Å². The fourth-order valence-electron chi connectivity index (χ4n) is 3.51. The smallest absolute Gasteiger partial charge is 0.502 e. The largest absolute Gasteiger partial charge is 0.573 e. The number of nitrogens with zero attached hydrogens (tertiary/aromatic N) is 3. The number of halogens is 3. The van der Waals surface area contributed by atoms with E-state index in [-0.39, 0.29) is 36.3 Å². The number of benzene rings is 1. The van der Waals surface area contributed by atoms with Crippen LogP contribution in [0.2, 0.25) is 0 Å². The average Bonchev–Trinajstić information content (AvgIpc) is 2.67. The number of amides is 2. The van der Waals surface area contributed by atoms with Gasteiger partial charge in [-0.3, -0.25) is 14.4 Å². The number of carbonyl (C=O) groups is 2. The Labute approximate surface area is 175 Å². The van der Waals surface area contributed by atoms with Gasteiger partial charge in [0.1, 0.15) is 11.4 Å². The van der Waals surface area contributed by atoms with Crippen LogP contribution in [0.4, 0.5) is 13.2 Å². The summed E-state index contributed by atoms with van der Waals surface area (Å²) in [4.78, 5) is 40.6. The summed E-state index contributed by atoms with van der Waals surface area (Å²) >= 11 is 0. The number of hydrogen-bond acceptors (Lipinski definition) is 5. The SMILES string of the molecule is CN(C)C(=O)c1c2c(c(O)c(=O)n1C)C(=O)N(Cc1cccc(OC(F)(F)F)c1)CC2. The lowest BCUT2D eigenvalue weighted by atomic mass is 9.95.